The smallest absolute Gasteiger partial charge is 0.216 e. The van der Waals surface area contributed by atoms with Gasteiger partial charge in [-0.15, -0.1) is 0 Å². The number of aromatic nitrogens is 1. The van der Waals surface area contributed by atoms with Crippen molar-refractivity contribution in [1.82, 2.24) is 5.32 Å². The number of hydrogen-bond acceptors (Lipinski definition) is 4. The van der Waals surface area contributed by atoms with Gasteiger partial charge in [-0.25, -0.2) is 5.87 Å². The number of aryl methyl sites for hydroxylation is 1. The van der Waals surface area contributed by atoms with E-state index in [1.807, 2.05) is 72.2 Å². The maximum atomic E-state index is 12.0. The van der Waals surface area contributed by atoms with Crippen molar-refractivity contribution in [1.29, 1.82) is 10.5 Å². The summed E-state index contributed by atoms with van der Waals surface area (Å²) in [6.45, 7) is 1.99. The van der Waals surface area contributed by atoms with Gasteiger partial charge >= 0.3 is 0 Å². The molecule has 31 heavy (non-hydrogen) atoms. The van der Waals surface area contributed by atoms with Gasteiger partial charge in [0.25, 0.3) is 0 Å². The number of nitrogens with zero attached hydrogens (tertiary/aromatic N) is 4. The summed E-state index contributed by atoms with van der Waals surface area (Å²) in [6.07, 6.45) is 5.45. The van der Waals surface area contributed by atoms with Gasteiger partial charge < -0.3 is 15.8 Å². The minimum absolute atomic E-state index is 0.0573. The van der Waals surface area contributed by atoms with Crippen LogP contribution in [0.5, 0.6) is 0 Å². The van der Waals surface area contributed by atoms with Crippen molar-refractivity contribution in [3.8, 4) is 12.1 Å². The van der Waals surface area contributed by atoms with Crippen LogP contribution in [0.3, 0.4) is 0 Å². The van der Waals surface area contributed by atoms with Crippen LogP contribution in [0.15, 0.2) is 70.1 Å². The van der Waals surface area contributed by atoms with Crippen LogP contribution in [0, 0.1) is 35.5 Å². The molecule has 0 amide bonds. The van der Waals surface area contributed by atoms with Gasteiger partial charge in [-0.2, -0.15) is 15.1 Å². The Morgan fingerprint density at radius 3 is 2.35 bits per heavy atom. The van der Waals surface area contributed by atoms with Crippen LogP contribution in [0.25, 0.3) is 5.41 Å². The topological polar surface area (TPSA) is 106 Å². The van der Waals surface area contributed by atoms with Crippen LogP contribution in [-0.2, 0) is 0 Å². The summed E-state index contributed by atoms with van der Waals surface area (Å²) in [4.78, 5) is 0. The van der Waals surface area contributed by atoms with Gasteiger partial charge in [-0.3, -0.25) is 0 Å². The molecule has 1 saturated carbocycles. The first-order chi connectivity index (χ1) is 14.9. The van der Waals surface area contributed by atoms with E-state index >= 15 is 0 Å². The highest BCUT2D eigenvalue weighted by Crippen LogP contribution is 2.52. The largest absolute Gasteiger partial charge is 0.762 e. The molecule has 0 radical (unpaired) electrons. The number of hydrogen-bond donors (Lipinski definition) is 2. The van der Waals surface area contributed by atoms with Crippen molar-refractivity contribution in [3.63, 3.8) is 0 Å². The summed E-state index contributed by atoms with van der Waals surface area (Å²) < 4.78 is 2.82. The molecule has 4 rings (SSSR count). The third kappa shape index (κ3) is 3.69. The van der Waals surface area contributed by atoms with Gasteiger partial charge in [0.1, 0.15) is 6.07 Å². The van der Waals surface area contributed by atoms with E-state index in [-0.39, 0.29) is 22.8 Å². The molecule has 0 saturated heterocycles. The monoisotopic (exact) mass is 473 g/mol. The molecular formula is C24H20BrN5O. The predicted octanol–water partition coefficient (Wildman–Crippen LogP) is 3.54. The third-order valence-electron chi connectivity index (χ3n) is 6.04. The molecule has 7 heteroatoms. The first-order valence-corrected chi connectivity index (χ1v) is 10.8. The number of nitriles is 2. The maximum absolute atomic E-state index is 12.0. The zero-order valence-electron chi connectivity index (χ0n) is 16.9. The number of benzene rings is 1. The summed E-state index contributed by atoms with van der Waals surface area (Å²) in [5.41, 5.74) is 0.669. The van der Waals surface area contributed by atoms with Gasteiger partial charge in [0.15, 0.2) is 12.4 Å². The van der Waals surface area contributed by atoms with E-state index in [9.17, 15) is 21.0 Å². The molecule has 2 aliphatic rings. The van der Waals surface area contributed by atoms with Crippen LogP contribution in [0.1, 0.15) is 35.9 Å². The van der Waals surface area contributed by atoms with Crippen LogP contribution in [0.4, 0.5) is 0 Å². The van der Waals surface area contributed by atoms with Gasteiger partial charge in [-0.1, -0.05) is 28.1 Å². The summed E-state index contributed by atoms with van der Waals surface area (Å²) in [6, 6.07) is 15.1. The first-order valence-electron chi connectivity index (χ1n) is 9.98. The SMILES string of the molecule is Cc1cc[n+](C2C(c3ccc(Br)cc3)C(C#N)=C(C(=C=[N-])C#N)NC2(O)C2CC2)cc1. The Balaban J connectivity index is 2.03. The lowest BCUT2D eigenvalue weighted by molar-refractivity contribution is -0.742. The quantitative estimate of drug-likeness (QED) is 0.402. The van der Waals surface area contributed by atoms with E-state index in [0.29, 0.717) is 0 Å². The van der Waals surface area contributed by atoms with E-state index in [4.69, 9.17) is 0 Å². The highest BCUT2D eigenvalue weighted by molar-refractivity contribution is 9.10. The molecule has 2 aromatic rings. The summed E-state index contributed by atoms with van der Waals surface area (Å²) in [5, 5.41) is 44.3. The second kappa shape index (κ2) is 8.13. The standard InChI is InChI=1S/C24H20BrN5O/c1-15-8-10-30(11-9-15)23-21(16-2-6-19(25)7-3-16)20(14-28)22(17(12-26)13-27)29-24(23,31)18-4-5-18/h2-3,6-11,18,21,23,29,31H,4-5H2,1H3. The molecule has 0 bridgehead atoms. The van der Waals surface area contributed by atoms with Crippen molar-refractivity contribution in [2.75, 3.05) is 0 Å². The van der Waals surface area contributed by atoms with Crippen LogP contribution in [0.2, 0.25) is 0 Å². The van der Waals surface area contributed by atoms with Gasteiger partial charge in [-0.05, 0) is 43.0 Å². The molecule has 1 aliphatic heterocycles. The van der Waals surface area contributed by atoms with Crippen molar-refractivity contribution >= 4 is 21.8 Å². The number of nitrogens with one attached hydrogen (secondary N) is 1. The zero-order valence-corrected chi connectivity index (χ0v) is 18.5. The van der Waals surface area contributed by atoms with Gasteiger partial charge in [0.05, 0.1) is 28.8 Å². The predicted molar refractivity (Wildman–Crippen MR) is 118 cm³/mol. The Labute approximate surface area is 189 Å². The minimum Gasteiger partial charge on any atom is -0.762 e. The third-order valence-corrected chi connectivity index (χ3v) is 6.56. The highest BCUT2D eigenvalue weighted by Gasteiger charge is 2.61. The molecule has 154 valence electrons. The molecule has 6 nitrogen and oxygen atoms in total. The molecule has 1 aromatic heterocycles. The maximum Gasteiger partial charge on any atom is 0.216 e. The molecule has 3 unspecified atom stereocenters. The average molecular weight is 474 g/mol. The molecule has 1 aliphatic carbocycles. The molecule has 2 heterocycles. The van der Waals surface area contributed by atoms with E-state index < -0.39 is 17.7 Å². The first kappa shape index (κ1) is 21.0. The lowest BCUT2D eigenvalue weighted by atomic mass is 9.74. The van der Waals surface area contributed by atoms with E-state index in [1.54, 1.807) is 0 Å². The lowest BCUT2D eigenvalue weighted by Crippen LogP contribution is -2.66. The summed E-state index contributed by atoms with van der Waals surface area (Å²) >= 11 is 3.45. The number of allylic oxidation sites excluding steroid dienone is 2. The molecule has 2 N–H and O–H groups in total. The second-order valence-corrected chi connectivity index (χ2v) is 8.94. The van der Waals surface area contributed by atoms with Crippen LogP contribution < -0.4 is 9.88 Å². The van der Waals surface area contributed by atoms with E-state index in [1.165, 1.54) is 0 Å². The highest BCUT2D eigenvalue weighted by atomic mass is 79.9. The molecule has 3 atom stereocenters. The summed E-state index contributed by atoms with van der Waals surface area (Å²) in [7, 11) is 0. The zero-order chi connectivity index (χ0) is 22.2. The Kier molecular flexibility index (Phi) is 5.52. The molecule has 1 aromatic carbocycles. The van der Waals surface area contributed by atoms with Gasteiger partial charge in [0, 0.05) is 22.5 Å². The van der Waals surface area contributed by atoms with E-state index in [2.05, 4.69) is 27.3 Å². The minimum atomic E-state index is -1.42. The van der Waals surface area contributed by atoms with Crippen molar-refractivity contribution in [2.45, 2.75) is 37.5 Å². The van der Waals surface area contributed by atoms with Crippen molar-refractivity contribution < 1.29 is 9.67 Å². The normalized spacial score (nSPS) is 25.1. The van der Waals surface area contributed by atoms with Crippen molar-refractivity contribution in [3.05, 3.63) is 86.6 Å². The number of pyridine rings is 1. The van der Waals surface area contributed by atoms with E-state index in [0.717, 1.165) is 28.4 Å². The fourth-order valence-corrected chi connectivity index (χ4v) is 4.62. The van der Waals surface area contributed by atoms with Crippen LogP contribution >= 0.6 is 15.9 Å². The molecule has 1 fully saturated rings. The second-order valence-electron chi connectivity index (χ2n) is 8.02. The number of halogens is 1. The fraction of sp³-hybridized carbons (Fsp3) is 0.292. The van der Waals surface area contributed by atoms with Gasteiger partial charge in [0.2, 0.25) is 11.8 Å². The fourth-order valence-electron chi connectivity index (χ4n) is 4.35. The molecule has 0 spiro atoms. The lowest BCUT2D eigenvalue weighted by Gasteiger charge is -2.43. The number of aliphatic hydroxyl groups is 1. The molecular weight excluding hydrogens is 454 g/mol. The average Bonchev–Trinajstić information content (AvgIpc) is 3.62. The Morgan fingerprint density at radius 1 is 1.19 bits per heavy atom. The number of rotatable bonds is 4. The Hall–Kier alpha value is -3.22. The van der Waals surface area contributed by atoms with Crippen molar-refractivity contribution in [2.24, 2.45) is 5.92 Å². The van der Waals surface area contributed by atoms with Crippen LogP contribution in [-0.4, -0.2) is 16.7 Å². The Morgan fingerprint density at radius 2 is 1.84 bits per heavy atom. The Bertz CT molecular complexity index is 1180. The summed E-state index contributed by atoms with van der Waals surface area (Å²) in [5.74, 6) is 1.28.